The Kier molecular flexibility index (Phi) is 4.01. The molecule has 0 aliphatic carbocycles. The van der Waals surface area contributed by atoms with E-state index in [1.54, 1.807) is 11.3 Å². The maximum absolute atomic E-state index is 13.7. The Bertz CT molecular complexity index is 584. The van der Waals surface area contributed by atoms with Gasteiger partial charge in [-0.2, -0.15) is 0 Å². The monoisotopic (exact) mass is 279 g/mol. The molecule has 2 aromatic rings. The lowest BCUT2D eigenvalue weighted by Gasteiger charge is -2.10. The van der Waals surface area contributed by atoms with E-state index >= 15 is 0 Å². The van der Waals surface area contributed by atoms with E-state index in [1.165, 1.54) is 10.9 Å². The third kappa shape index (κ3) is 3.23. The van der Waals surface area contributed by atoms with E-state index in [2.05, 4.69) is 5.32 Å². The van der Waals surface area contributed by atoms with Gasteiger partial charge in [-0.15, -0.1) is 11.3 Å². The molecule has 1 aromatic carbocycles. The number of rotatable bonds is 5. The van der Waals surface area contributed by atoms with Crippen molar-refractivity contribution < 1.29 is 9.18 Å². The molecule has 1 aromatic heterocycles. The fourth-order valence-electron chi connectivity index (χ4n) is 1.71. The Hall–Kier alpha value is -2.08. The predicted octanol–water partition coefficient (Wildman–Crippen LogP) is 2.22. The van der Waals surface area contributed by atoms with Gasteiger partial charge in [0.2, 0.25) is 0 Å². The van der Waals surface area contributed by atoms with Gasteiger partial charge in [0.1, 0.15) is 5.82 Å². The lowest BCUT2D eigenvalue weighted by molar-refractivity contribution is 0.100. The maximum atomic E-state index is 13.7. The zero-order valence-electron chi connectivity index (χ0n) is 10.2. The van der Waals surface area contributed by atoms with Crippen LogP contribution in [0.5, 0.6) is 0 Å². The minimum Gasteiger partial charge on any atom is -0.398 e. The highest BCUT2D eigenvalue weighted by molar-refractivity contribution is 7.09. The van der Waals surface area contributed by atoms with Crippen LogP contribution in [0.2, 0.25) is 0 Å². The minimum atomic E-state index is -0.668. The number of nitrogens with one attached hydrogen (secondary N) is 1. The van der Waals surface area contributed by atoms with Gasteiger partial charge in [0, 0.05) is 17.1 Å². The van der Waals surface area contributed by atoms with Crippen molar-refractivity contribution in [3.8, 4) is 0 Å². The lowest BCUT2D eigenvalue weighted by atomic mass is 10.1. The van der Waals surface area contributed by atoms with Crippen molar-refractivity contribution in [2.24, 2.45) is 5.73 Å². The number of halogens is 1. The fourth-order valence-corrected chi connectivity index (χ4v) is 2.42. The molecule has 0 radical (unpaired) electrons. The highest BCUT2D eigenvalue weighted by atomic mass is 32.1. The topological polar surface area (TPSA) is 81.1 Å². The van der Waals surface area contributed by atoms with Gasteiger partial charge in [-0.25, -0.2) is 4.39 Å². The molecule has 0 aliphatic heterocycles. The van der Waals surface area contributed by atoms with Crippen molar-refractivity contribution in [2.75, 3.05) is 17.6 Å². The Morgan fingerprint density at radius 2 is 2.21 bits per heavy atom. The van der Waals surface area contributed by atoms with E-state index in [1.807, 2.05) is 17.5 Å². The molecule has 19 heavy (non-hydrogen) atoms. The Morgan fingerprint density at radius 1 is 1.42 bits per heavy atom. The van der Waals surface area contributed by atoms with Crippen LogP contribution in [0.15, 0.2) is 29.6 Å². The number of carbonyl (C=O) groups is 1. The molecule has 0 bridgehead atoms. The summed E-state index contributed by atoms with van der Waals surface area (Å²) >= 11 is 1.64. The Labute approximate surface area is 114 Å². The second-order valence-corrected chi connectivity index (χ2v) is 5.07. The average Bonchev–Trinajstić information content (AvgIpc) is 2.84. The summed E-state index contributed by atoms with van der Waals surface area (Å²) in [5, 5.41) is 4.93. The molecule has 2 rings (SSSR count). The van der Waals surface area contributed by atoms with E-state index in [9.17, 15) is 9.18 Å². The predicted molar refractivity (Wildman–Crippen MR) is 75.8 cm³/mol. The fraction of sp³-hybridized carbons (Fsp3) is 0.154. The zero-order valence-corrected chi connectivity index (χ0v) is 11.0. The Balaban J connectivity index is 2.07. The van der Waals surface area contributed by atoms with Gasteiger partial charge >= 0.3 is 0 Å². The van der Waals surface area contributed by atoms with E-state index in [4.69, 9.17) is 11.5 Å². The molecule has 0 spiro atoms. The normalized spacial score (nSPS) is 10.4. The van der Waals surface area contributed by atoms with Gasteiger partial charge in [0.05, 0.1) is 11.3 Å². The summed E-state index contributed by atoms with van der Waals surface area (Å²) in [5.41, 5.74) is 11.1. The quantitative estimate of drug-likeness (QED) is 0.734. The summed E-state index contributed by atoms with van der Waals surface area (Å²) in [6, 6.07) is 6.44. The van der Waals surface area contributed by atoms with Crippen LogP contribution in [0.3, 0.4) is 0 Å². The SMILES string of the molecule is NC(=O)c1cc(NCCc2cccs2)c(F)cc1N. The van der Waals surface area contributed by atoms with Crippen LogP contribution in [0, 0.1) is 5.82 Å². The van der Waals surface area contributed by atoms with E-state index in [-0.39, 0.29) is 16.9 Å². The highest BCUT2D eigenvalue weighted by Gasteiger charge is 2.11. The molecular formula is C13H14FN3OS. The van der Waals surface area contributed by atoms with Gasteiger partial charge in [-0.3, -0.25) is 4.79 Å². The molecule has 1 heterocycles. The third-order valence-electron chi connectivity index (χ3n) is 2.67. The first kappa shape index (κ1) is 13.4. The third-order valence-corrected chi connectivity index (χ3v) is 3.61. The molecule has 0 saturated carbocycles. The molecule has 1 amide bonds. The Morgan fingerprint density at radius 3 is 2.84 bits per heavy atom. The highest BCUT2D eigenvalue weighted by Crippen LogP contribution is 2.22. The number of hydrogen-bond donors (Lipinski definition) is 3. The van der Waals surface area contributed by atoms with Crippen molar-refractivity contribution in [1.82, 2.24) is 0 Å². The van der Waals surface area contributed by atoms with Gasteiger partial charge in [-0.1, -0.05) is 6.07 Å². The van der Waals surface area contributed by atoms with E-state index in [0.717, 1.165) is 12.5 Å². The van der Waals surface area contributed by atoms with Crippen LogP contribution in [0.25, 0.3) is 0 Å². The first-order valence-electron chi connectivity index (χ1n) is 5.73. The van der Waals surface area contributed by atoms with Crippen molar-refractivity contribution in [2.45, 2.75) is 6.42 Å². The van der Waals surface area contributed by atoms with Crippen LogP contribution in [0.1, 0.15) is 15.2 Å². The number of amides is 1. The van der Waals surface area contributed by atoms with Gasteiger partial charge < -0.3 is 16.8 Å². The molecule has 0 aliphatic rings. The van der Waals surface area contributed by atoms with E-state index < -0.39 is 11.7 Å². The number of nitrogen functional groups attached to an aromatic ring is 1. The number of anilines is 2. The second kappa shape index (κ2) is 5.71. The maximum Gasteiger partial charge on any atom is 0.250 e. The lowest BCUT2D eigenvalue weighted by Crippen LogP contribution is -2.15. The summed E-state index contributed by atoms with van der Waals surface area (Å²) in [4.78, 5) is 12.3. The molecule has 0 saturated heterocycles. The smallest absolute Gasteiger partial charge is 0.250 e. The van der Waals surface area contributed by atoms with Crippen LogP contribution in [-0.2, 0) is 6.42 Å². The number of primary amides is 1. The van der Waals surface area contributed by atoms with Crippen molar-refractivity contribution in [3.05, 3.63) is 45.9 Å². The number of thiophene rings is 1. The second-order valence-electron chi connectivity index (χ2n) is 4.04. The zero-order chi connectivity index (χ0) is 13.8. The molecule has 6 heteroatoms. The number of hydrogen-bond acceptors (Lipinski definition) is 4. The van der Waals surface area contributed by atoms with Crippen LogP contribution >= 0.6 is 11.3 Å². The number of benzene rings is 1. The summed E-state index contributed by atoms with van der Waals surface area (Å²) < 4.78 is 13.7. The van der Waals surface area contributed by atoms with Crippen LogP contribution in [0.4, 0.5) is 15.8 Å². The largest absolute Gasteiger partial charge is 0.398 e. The van der Waals surface area contributed by atoms with Crippen molar-refractivity contribution >= 4 is 28.6 Å². The van der Waals surface area contributed by atoms with Gasteiger partial charge in [0.25, 0.3) is 5.91 Å². The van der Waals surface area contributed by atoms with Gasteiger partial charge in [0.15, 0.2) is 0 Å². The van der Waals surface area contributed by atoms with E-state index in [0.29, 0.717) is 6.54 Å². The molecule has 0 unspecified atom stereocenters. The molecule has 0 atom stereocenters. The van der Waals surface area contributed by atoms with Crippen molar-refractivity contribution in [3.63, 3.8) is 0 Å². The molecule has 4 nitrogen and oxygen atoms in total. The summed E-state index contributed by atoms with van der Waals surface area (Å²) in [6.07, 6.45) is 0.785. The van der Waals surface area contributed by atoms with Crippen LogP contribution in [-0.4, -0.2) is 12.5 Å². The van der Waals surface area contributed by atoms with Crippen molar-refractivity contribution in [1.29, 1.82) is 0 Å². The first-order valence-corrected chi connectivity index (χ1v) is 6.61. The molecular weight excluding hydrogens is 265 g/mol. The number of nitrogens with two attached hydrogens (primary N) is 2. The average molecular weight is 279 g/mol. The molecule has 5 N–H and O–H groups in total. The van der Waals surface area contributed by atoms with Crippen LogP contribution < -0.4 is 16.8 Å². The molecule has 100 valence electrons. The van der Waals surface area contributed by atoms with Gasteiger partial charge in [-0.05, 0) is 30.0 Å². The standard InChI is InChI=1S/C13H14FN3OS/c14-10-7-11(15)9(13(16)18)6-12(10)17-4-3-8-2-1-5-19-8/h1-2,5-7,17H,3-4,15H2,(H2,16,18). The minimum absolute atomic E-state index is 0.0498. The first-order chi connectivity index (χ1) is 9.08. The summed E-state index contributed by atoms with van der Waals surface area (Å²) in [7, 11) is 0. The summed E-state index contributed by atoms with van der Waals surface area (Å²) in [5.74, 6) is -1.16. The summed E-state index contributed by atoms with van der Waals surface area (Å²) in [6.45, 7) is 0.569. The molecule has 0 fully saturated rings. The number of carbonyl (C=O) groups excluding carboxylic acids is 1.